The standard InChI is InChI=1S/C38H46ClN5O6/c1-26-37(48)44(4)29(23-27-13-6-5-7-14-27)25-50-33-18-11-9-16-30(33)36(47)41-32(20-21-35(46)42(2)22-12-19-34(45)40-26)38(49)43(3)24-28-15-8-10-17-31(28)39/h5-11,13-18,26,29,32H,12,19-25H2,1-4H3,(H,40,45)(H,41,47)/t26-,29-,32-/m0/s1. The molecule has 4 rings (SSSR count). The molecule has 5 amide bonds. The molecule has 1 aliphatic heterocycles. The van der Waals surface area contributed by atoms with E-state index in [4.69, 9.17) is 16.3 Å². The van der Waals surface area contributed by atoms with Crippen molar-refractivity contribution in [1.82, 2.24) is 25.3 Å². The van der Waals surface area contributed by atoms with Crippen molar-refractivity contribution in [1.29, 1.82) is 0 Å². The van der Waals surface area contributed by atoms with E-state index in [1.165, 1.54) is 9.80 Å². The molecule has 0 saturated carbocycles. The summed E-state index contributed by atoms with van der Waals surface area (Å²) in [6.45, 7) is 2.19. The lowest BCUT2D eigenvalue weighted by Gasteiger charge is -2.31. The number of hydrogen-bond donors (Lipinski definition) is 2. The Hall–Kier alpha value is -4.90. The minimum Gasteiger partial charge on any atom is -0.491 e. The van der Waals surface area contributed by atoms with E-state index in [1.54, 1.807) is 69.4 Å². The Labute approximate surface area is 298 Å². The zero-order valence-electron chi connectivity index (χ0n) is 29.1. The summed E-state index contributed by atoms with van der Waals surface area (Å²) in [5, 5.41) is 6.16. The molecule has 0 bridgehead atoms. The van der Waals surface area contributed by atoms with E-state index in [0.29, 0.717) is 24.4 Å². The molecular formula is C38H46ClN5O6. The van der Waals surface area contributed by atoms with Crippen molar-refractivity contribution < 1.29 is 28.7 Å². The minimum absolute atomic E-state index is 0.0174. The summed E-state index contributed by atoms with van der Waals surface area (Å²) >= 11 is 6.36. The van der Waals surface area contributed by atoms with Crippen LogP contribution in [-0.4, -0.2) is 96.7 Å². The molecule has 3 aromatic carbocycles. The molecule has 1 aliphatic rings. The monoisotopic (exact) mass is 703 g/mol. The number of nitrogens with one attached hydrogen (secondary N) is 2. The molecule has 11 nitrogen and oxygen atoms in total. The van der Waals surface area contributed by atoms with Gasteiger partial charge in [0.1, 0.15) is 24.4 Å². The highest BCUT2D eigenvalue weighted by Gasteiger charge is 2.29. The number of halogens is 1. The molecule has 0 aromatic heterocycles. The first kappa shape index (κ1) is 37.9. The zero-order valence-corrected chi connectivity index (χ0v) is 29.8. The normalized spacial score (nSPS) is 20.2. The van der Waals surface area contributed by atoms with Gasteiger partial charge in [-0.2, -0.15) is 0 Å². The SMILES string of the molecule is C[C@@H]1NC(=O)CCCN(C)C(=O)CC[C@@H](C(=O)N(C)Cc2ccccc2Cl)NC(=O)c2ccccc2OC[C@H](Cc2ccccc2)N(C)C1=O. The van der Waals surface area contributed by atoms with E-state index in [0.717, 1.165) is 11.1 Å². The molecule has 0 saturated heterocycles. The summed E-state index contributed by atoms with van der Waals surface area (Å²) in [5.74, 6) is -1.49. The average Bonchev–Trinajstić information content (AvgIpc) is 3.11. The molecule has 0 spiro atoms. The van der Waals surface area contributed by atoms with E-state index in [9.17, 15) is 24.0 Å². The van der Waals surface area contributed by atoms with Crippen LogP contribution in [0.2, 0.25) is 5.02 Å². The second-order valence-electron chi connectivity index (χ2n) is 12.7. The summed E-state index contributed by atoms with van der Waals surface area (Å²) in [5.41, 5.74) is 1.92. The lowest BCUT2D eigenvalue weighted by molar-refractivity contribution is -0.137. The molecule has 3 atom stereocenters. The van der Waals surface area contributed by atoms with Crippen LogP contribution in [0.15, 0.2) is 78.9 Å². The molecule has 3 aromatic rings. The van der Waals surface area contributed by atoms with Gasteiger partial charge in [-0.3, -0.25) is 24.0 Å². The van der Waals surface area contributed by atoms with Gasteiger partial charge in [0.05, 0.1) is 11.6 Å². The van der Waals surface area contributed by atoms with Gasteiger partial charge in [-0.15, -0.1) is 0 Å². The molecule has 266 valence electrons. The summed E-state index contributed by atoms with van der Waals surface area (Å²) in [7, 11) is 4.92. The summed E-state index contributed by atoms with van der Waals surface area (Å²) < 4.78 is 6.25. The summed E-state index contributed by atoms with van der Waals surface area (Å²) in [6.07, 6.45) is 0.999. The molecule has 0 radical (unpaired) electrons. The highest BCUT2D eigenvalue weighted by Crippen LogP contribution is 2.22. The molecule has 0 unspecified atom stereocenters. The van der Waals surface area contributed by atoms with E-state index >= 15 is 0 Å². The summed E-state index contributed by atoms with van der Waals surface area (Å²) in [4.78, 5) is 71.7. The van der Waals surface area contributed by atoms with E-state index in [2.05, 4.69) is 10.6 Å². The first-order valence-electron chi connectivity index (χ1n) is 16.8. The van der Waals surface area contributed by atoms with Crippen LogP contribution in [0.5, 0.6) is 5.75 Å². The van der Waals surface area contributed by atoms with Gasteiger partial charge in [0, 0.05) is 52.1 Å². The number of likely N-dealkylation sites (N-methyl/N-ethyl adjacent to an activating group) is 2. The molecule has 2 N–H and O–H groups in total. The fourth-order valence-electron chi connectivity index (χ4n) is 5.80. The van der Waals surface area contributed by atoms with Crippen molar-refractivity contribution in [2.75, 3.05) is 34.3 Å². The van der Waals surface area contributed by atoms with Crippen LogP contribution in [0, 0.1) is 0 Å². The van der Waals surface area contributed by atoms with E-state index < -0.39 is 24.0 Å². The van der Waals surface area contributed by atoms with Crippen LogP contribution in [0.4, 0.5) is 0 Å². The predicted octanol–water partition coefficient (Wildman–Crippen LogP) is 4.08. The quantitative estimate of drug-likeness (QED) is 0.412. The largest absolute Gasteiger partial charge is 0.491 e. The van der Waals surface area contributed by atoms with Crippen LogP contribution >= 0.6 is 11.6 Å². The third kappa shape index (κ3) is 10.5. The van der Waals surface area contributed by atoms with E-state index in [1.807, 2.05) is 42.5 Å². The van der Waals surface area contributed by atoms with Crippen molar-refractivity contribution in [2.24, 2.45) is 0 Å². The van der Waals surface area contributed by atoms with E-state index in [-0.39, 0.29) is 67.4 Å². The molecule has 0 aliphatic carbocycles. The maximum atomic E-state index is 13.9. The van der Waals surface area contributed by atoms with Crippen LogP contribution in [0.25, 0.3) is 0 Å². The molecule has 12 heteroatoms. The second-order valence-corrected chi connectivity index (χ2v) is 13.1. The highest BCUT2D eigenvalue weighted by atomic mass is 35.5. The topological polar surface area (TPSA) is 128 Å². The van der Waals surface area contributed by atoms with Crippen molar-refractivity contribution in [3.63, 3.8) is 0 Å². The van der Waals surface area contributed by atoms with Gasteiger partial charge in [0.25, 0.3) is 5.91 Å². The fraction of sp³-hybridized carbons (Fsp3) is 0.395. The van der Waals surface area contributed by atoms with Gasteiger partial charge in [-0.05, 0) is 55.5 Å². The number of carbonyl (C=O) groups excluding carboxylic acids is 5. The summed E-state index contributed by atoms with van der Waals surface area (Å²) in [6, 6.07) is 21.3. The predicted molar refractivity (Wildman–Crippen MR) is 192 cm³/mol. The number of nitrogens with zero attached hydrogens (tertiary/aromatic N) is 3. The Kier molecular flexibility index (Phi) is 13.8. The van der Waals surface area contributed by atoms with Crippen molar-refractivity contribution in [2.45, 2.75) is 63.7 Å². The Bertz CT molecular complexity index is 1650. The first-order valence-corrected chi connectivity index (χ1v) is 17.2. The molecular weight excluding hydrogens is 658 g/mol. The van der Waals surface area contributed by atoms with Crippen LogP contribution in [0.1, 0.15) is 54.1 Å². The Balaban J connectivity index is 1.63. The third-order valence-corrected chi connectivity index (χ3v) is 9.20. The van der Waals surface area contributed by atoms with Crippen molar-refractivity contribution in [3.05, 3.63) is 101 Å². The van der Waals surface area contributed by atoms with Gasteiger partial charge in [0.2, 0.25) is 23.6 Å². The Morgan fingerprint density at radius 2 is 1.60 bits per heavy atom. The van der Waals surface area contributed by atoms with Crippen LogP contribution in [-0.2, 0) is 32.1 Å². The Morgan fingerprint density at radius 1 is 0.920 bits per heavy atom. The van der Waals surface area contributed by atoms with Gasteiger partial charge < -0.3 is 30.1 Å². The molecule has 1 heterocycles. The number of rotatable bonds is 5. The van der Waals surface area contributed by atoms with Crippen LogP contribution < -0.4 is 15.4 Å². The maximum Gasteiger partial charge on any atom is 0.255 e. The van der Waals surface area contributed by atoms with Gasteiger partial charge >= 0.3 is 0 Å². The maximum absolute atomic E-state index is 13.9. The van der Waals surface area contributed by atoms with Gasteiger partial charge in [-0.1, -0.05) is 72.3 Å². The zero-order chi connectivity index (χ0) is 36.2. The lowest BCUT2D eigenvalue weighted by atomic mass is 10.0. The molecule has 50 heavy (non-hydrogen) atoms. The van der Waals surface area contributed by atoms with Crippen molar-refractivity contribution >= 4 is 41.1 Å². The lowest BCUT2D eigenvalue weighted by Crippen LogP contribution is -2.51. The fourth-order valence-corrected chi connectivity index (χ4v) is 6.00. The number of fused-ring (bicyclic) bond motifs is 1. The smallest absolute Gasteiger partial charge is 0.255 e. The third-order valence-electron chi connectivity index (χ3n) is 8.84. The van der Waals surface area contributed by atoms with Gasteiger partial charge in [-0.25, -0.2) is 0 Å². The first-order chi connectivity index (χ1) is 23.9. The number of amides is 5. The minimum atomic E-state index is -1.03. The number of para-hydroxylation sites is 1. The molecule has 0 fully saturated rings. The van der Waals surface area contributed by atoms with Gasteiger partial charge in [0.15, 0.2) is 0 Å². The van der Waals surface area contributed by atoms with Crippen molar-refractivity contribution in [3.8, 4) is 5.75 Å². The number of benzene rings is 3. The highest BCUT2D eigenvalue weighted by molar-refractivity contribution is 6.31. The average molecular weight is 704 g/mol. The number of ether oxygens (including phenoxy) is 1. The number of hydrogen-bond acceptors (Lipinski definition) is 6. The second kappa shape index (κ2) is 18.2. The number of carbonyl (C=O) groups is 5. The Morgan fingerprint density at radius 3 is 2.34 bits per heavy atom. The van der Waals surface area contributed by atoms with Crippen LogP contribution in [0.3, 0.4) is 0 Å².